The number of rotatable bonds is 7. The van der Waals surface area contributed by atoms with Crippen molar-refractivity contribution < 1.29 is 34.0 Å². The predicted molar refractivity (Wildman–Crippen MR) is 140 cm³/mol. The molecule has 0 spiro atoms. The molecule has 12 heteroatoms. The van der Waals surface area contributed by atoms with Crippen molar-refractivity contribution in [2.45, 2.75) is 66.4 Å². The second kappa shape index (κ2) is 11.7. The van der Waals surface area contributed by atoms with E-state index >= 15 is 0 Å². The minimum absolute atomic E-state index is 0.243. The van der Waals surface area contributed by atoms with Gasteiger partial charge in [-0.15, -0.1) is 23.4 Å². The number of aliphatic hydroxyl groups excluding tert-OH is 3. The third-order valence-electron chi connectivity index (χ3n) is 7.29. The Labute approximate surface area is 224 Å². The largest absolute Gasteiger partial charge is 0.388 e. The summed E-state index contributed by atoms with van der Waals surface area (Å²) in [5.41, 5.74) is -1.13. The molecule has 4 rings (SSSR count). The molecule has 1 aromatic rings. The summed E-state index contributed by atoms with van der Waals surface area (Å²) in [7, 11) is 0. The highest BCUT2D eigenvalue weighted by atomic mass is 35.5. The average molecular weight is 558 g/mol. The van der Waals surface area contributed by atoms with Gasteiger partial charge in [-0.05, 0) is 38.0 Å². The highest BCUT2D eigenvalue weighted by molar-refractivity contribution is 7.99. The fraction of sp³-hybridized carbons (Fsp3) is 0.600. The molecule has 9 nitrogen and oxygen atoms in total. The SMILES string of the molecule is C=N[C@]1(C(=O)N[C@@H]([C@H]2OC(SC)[C@H](O)C(O)[C@@H]2O)[C@H](C)Cl)NC[C@@H]2C=C(c3ccccc3F)CCO[C@H]21. The molecule has 0 aromatic heterocycles. The second-order valence-electron chi connectivity index (χ2n) is 9.54. The van der Waals surface area contributed by atoms with Gasteiger partial charge in [0.25, 0.3) is 5.91 Å². The van der Waals surface area contributed by atoms with Gasteiger partial charge in [0.2, 0.25) is 5.66 Å². The average Bonchev–Trinajstić information content (AvgIpc) is 3.09. The van der Waals surface area contributed by atoms with E-state index in [1.807, 2.05) is 6.08 Å². The van der Waals surface area contributed by atoms with Gasteiger partial charge in [0.1, 0.15) is 41.8 Å². The Hall–Kier alpha value is -1.57. The van der Waals surface area contributed by atoms with Crippen LogP contribution < -0.4 is 10.6 Å². The molecule has 37 heavy (non-hydrogen) atoms. The van der Waals surface area contributed by atoms with Gasteiger partial charge in [0, 0.05) is 18.0 Å². The molecule has 3 heterocycles. The van der Waals surface area contributed by atoms with Gasteiger partial charge in [0.05, 0.1) is 18.0 Å². The monoisotopic (exact) mass is 557 g/mol. The summed E-state index contributed by atoms with van der Waals surface area (Å²) < 4.78 is 26.4. The van der Waals surface area contributed by atoms with Crippen LogP contribution in [0.3, 0.4) is 0 Å². The van der Waals surface area contributed by atoms with Crippen molar-refractivity contribution >= 4 is 41.6 Å². The number of nitrogens with zero attached hydrogens (tertiary/aromatic N) is 1. The Morgan fingerprint density at radius 3 is 2.70 bits per heavy atom. The predicted octanol–water partition coefficient (Wildman–Crippen LogP) is 0.897. The lowest BCUT2D eigenvalue weighted by Crippen LogP contribution is -2.67. The minimum atomic E-state index is -1.58. The number of fused-ring (bicyclic) bond motifs is 1. The molecule has 0 bridgehead atoms. The number of ether oxygens (including phenoxy) is 2. The van der Waals surface area contributed by atoms with Gasteiger partial charge in [-0.25, -0.2) is 4.39 Å². The van der Waals surface area contributed by atoms with E-state index in [2.05, 4.69) is 22.3 Å². The number of nitrogens with one attached hydrogen (secondary N) is 2. The van der Waals surface area contributed by atoms with Gasteiger partial charge in [-0.2, -0.15) is 0 Å². The summed E-state index contributed by atoms with van der Waals surface area (Å²) in [5.74, 6) is -1.22. The first-order valence-electron chi connectivity index (χ1n) is 12.1. The fourth-order valence-electron chi connectivity index (χ4n) is 5.28. The number of carbonyl (C=O) groups is 1. The molecule has 204 valence electrons. The van der Waals surface area contributed by atoms with Crippen molar-refractivity contribution in [1.29, 1.82) is 0 Å². The number of aliphatic imine (C=N–C) groups is 1. The van der Waals surface area contributed by atoms with Crippen molar-refractivity contribution in [2.24, 2.45) is 10.9 Å². The van der Waals surface area contributed by atoms with Gasteiger partial charge >= 0.3 is 0 Å². The third kappa shape index (κ3) is 5.33. The molecule has 2 unspecified atom stereocenters. The molecule has 2 saturated heterocycles. The van der Waals surface area contributed by atoms with E-state index in [9.17, 15) is 24.5 Å². The summed E-state index contributed by atoms with van der Waals surface area (Å²) in [4.78, 5) is 17.9. The first kappa shape index (κ1) is 28.4. The van der Waals surface area contributed by atoms with Crippen LogP contribution in [0.25, 0.3) is 5.57 Å². The Balaban J connectivity index is 1.58. The summed E-state index contributed by atoms with van der Waals surface area (Å²) in [6.45, 7) is 5.85. The van der Waals surface area contributed by atoms with E-state index in [0.717, 1.165) is 17.3 Å². The van der Waals surface area contributed by atoms with E-state index in [1.54, 1.807) is 31.4 Å². The van der Waals surface area contributed by atoms with Gasteiger partial charge < -0.3 is 30.1 Å². The lowest BCUT2D eigenvalue weighted by atomic mass is 9.90. The number of amides is 1. The lowest BCUT2D eigenvalue weighted by Gasteiger charge is -2.44. The minimum Gasteiger partial charge on any atom is -0.388 e. The molecule has 3 aliphatic heterocycles. The highest BCUT2D eigenvalue weighted by Gasteiger charge is 2.56. The zero-order valence-electron chi connectivity index (χ0n) is 20.6. The van der Waals surface area contributed by atoms with E-state index in [1.165, 1.54) is 6.07 Å². The van der Waals surface area contributed by atoms with Crippen molar-refractivity contribution in [2.75, 3.05) is 19.4 Å². The van der Waals surface area contributed by atoms with Crippen LogP contribution >= 0.6 is 23.4 Å². The Morgan fingerprint density at radius 2 is 2.05 bits per heavy atom. The van der Waals surface area contributed by atoms with Crippen molar-refractivity contribution in [1.82, 2.24) is 10.6 Å². The number of thioether (sulfide) groups is 1. The summed E-state index contributed by atoms with van der Waals surface area (Å²) in [6, 6.07) is 5.57. The third-order valence-corrected chi connectivity index (χ3v) is 8.42. The van der Waals surface area contributed by atoms with Crippen LogP contribution in [0.5, 0.6) is 0 Å². The zero-order valence-corrected chi connectivity index (χ0v) is 22.2. The van der Waals surface area contributed by atoms with Crippen LogP contribution in [0.4, 0.5) is 4.39 Å². The van der Waals surface area contributed by atoms with Crippen LogP contribution in [-0.2, 0) is 14.3 Å². The first-order valence-corrected chi connectivity index (χ1v) is 13.8. The number of benzene rings is 1. The molecule has 0 aliphatic carbocycles. The maximum atomic E-state index is 14.5. The number of alkyl halides is 1. The molecule has 1 amide bonds. The molecule has 10 atom stereocenters. The lowest BCUT2D eigenvalue weighted by molar-refractivity contribution is -0.205. The number of hydrogen-bond acceptors (Lipinski definition) is 9. The van der Waals surface area contributed by atoms with Gasteiger partial charge in [-0.3, -0.25) is 15.1 Å². The van der Waals surface area contributed by atoms with Crippen LogP contribution in [0.2, 0.25) is 0 Å². The topological polar surface area (TPSA) is 133 Å². The van der Waals surface area contributed by atoms with E-state index in [-0.39, 0.29) is 18.3 Å². The fourth-order valence-corrected chi connectivity index (χ4v) is 6.16. The number of carbonyl (C=O) groups excluding carboxylic acids is 1. The van der Waals surface area contributed by atoms with E-state index < -0.39 is 58.9 Å². The Kier molecular flexibility index (Phi) is 8.97. The molecular formula is C25H33ClFN3O6S. The molecule has 3 aliphatic rings. The quantitative estimate of drug-likeness (QED) is 0.247. The van der Waals surface area contributed by atoms with Crippen LogP contribution in [0, 0.1) is 11.7 Å². The highest BCUT2D eigenvalue weighted by Crippen LogP contribution is 2.37. The van der Waals surface area contributed by atoms with Gasteiger partial charge in [-0.1, -0.05) is 24.3 Å². The van der Waals surface area contributed by atoms with Crippen LogP contribution in [0.15, 0.2) is 35.3 Å². The maximum Gasteiger partial charge on any atom is 0.265 e. The summed E-state index contributed by atoms with van der Waals surface area (Å²) in [6.07, 6.45) is -2.06. The Bertz CT molecular complexity index is 1030. The second-order valence-corrected chi connectivity index (χ2v) is 11.2. The number of halogens is 2. The van der Waals surface area contributed by atoms with E-state index in [4.69, 9.17) is 21.1 Å². The molecule has 1 aromatic carbocycles. The summed E-state index contributed by atoms with van der Waals surface area (Å²) >= 11 is 7.59. The number of hydrogen-bond donors (Lipinski definition) is 5. The van der Waals surface area contributed by atoms with Crippen molar-refractivity contribution in [3.05, 3.63) is 41.7 Å². The van der Waals surface area contributed by atoms with Crippen molar-refractivity contribution in [3.63, 3.8) is 0 Å². The zero-order chi connectivity index (χ0) is 26.9. The van der Waals surface area contributed by atoms with E-state index in [0.29, 0.717) is 18.5 Å². The molecule has 0 saturated carbocycles. The van der Waals surface area contributed by atoms with Crippen LogP contribution in [0.1, 0.15) is 18.9 Å². The smallest absolute Gasteiger partial charge is 0.265 e. The Morgan fingerprint density at radius 1 is 1.32 bits per heavy atom. The normalized spacial score (nSPS) is 37.6. The molecule has 5 N–H and O–H groups in total. The van der Waals surface area contributed by atoms with Crippen molar-refractivity contribution in [3.8, 4) is 0 Å². The standard InChI is InChI=1S/C25H33ClFN3O6S/c1-12(26)17(21-19(32)18(31)20(33)23(36-21)37-3)30-24(34)25(28-2)22-14(11-29-25)10-13(8-9-35-22)15-6-4-5-7-16(15)27/h4-7,10,12,14,17-23,29,31-33H,2,8-9,11H2,1,3H3,(H,30,34)/t12-,14-,17+,18?,19-,20+,21+,22+,23?,25-/m0/s1. The molecular weight excluding hydrogens is 525 g/mol. The maximum absolute atomic E-state index is 14.5. The van der Waals surface area contributed by atoms with Crippen LogP contribution in [-0.4, -0.2) is 100 Å². The molecule has 0 radical (unpaired) electrons. The summed E-state index contributed by atoms with van der Waals surface area (Å²) in [5, 5.41) is 36.4. The molecule has 2 fully saturated rings. The first-order chi connectivity index (χ1) is 17.6. The number of aliphatic hydroxyl groups is 3. The van der Waals surface area contributed by atoms with Gasteiger partial charge in [0.15, 0.2) is 0 Å².